The fraction of sp³-hybridized carbons (Fsp3) is 0.364. The van der Waals surface area contributed by atoms with E-state index in [4.69, 9.17) is 5.11 Å². The molecule has 0 saturated carbocycles. The third-order valence-corrected chi connectivity index (χ3v) is 3.77. The van der Waals surface area contributed by atoms with Crippen molar-refractivity contribution in [3.63, 3.8) is 0 Å². The molecule has 1 rings (SSSR count). The lowest BCUT2D eigenvalue weighted by molar-refractivity contribution is -0.137. The van der Waals surface area contributed by atoms with Crippen molar-refractivity contribution in [2.24, 2.45) is 0 Å². The van der Waals surface area contributed by atoms with Crippen LogP contribution in [0.4, 0.5) is 13.2 Å². The van der Waals surface area contributed by atoms with Gasteiger partial charge in [0, 0.05) is 6.54 Å². The van der Waals surface area contributed by atoms with Gasteiger partial charge in [-0.05, 0) is 24.6 Å². The Morgan fingerprint density at radius 3 is 2.35 bits per heavy atom. The Balaban J connectivity index is 3.40. The average molecular weight is 311 g/mol. The Bertz CT molecular complexity index is 611. The van der Waals surface area contributed by atoms with E-state index in [1.807, 2.05) is 0 Å². The Morgan fingerprint density at radius 1 is 1.30 bits per heavy atom. The predicted octanol–water partition coefficient (Wildman–Crippen LogP) is 2.09. The third-order valence-electron chi connectivity index (χ3n) is 2.33. The van der Waals surface area contributed by atoms with Gasteiger partial charge >= 0.3 is 12.1 Å². The fourth-order valence-electron chi connectivity index (χ4n) is 1.36. The van der Waals surface area contributed by atoms with Gasteiger partial charge in [-0.3, -0.25) is 0 Å². The summed E-state index contributed by atoms with van der Waals surface area (Å²) >= 11 is 0. The van der Waals surface area contributed by atoms with E-state index in [1.54, 1.807) is 6.92 Å². The maximum atomic E-state index is 12.6. The maximum absolute atomic E-state index is 12.6. The van der Waals surface area contributed by atoms with E-state index in [-0.39, 0.29) is 6.54 Å². The van der Waals surface area contributed by atoms with Crippen molar-refractivity contribution in [2.75, 3.05) is 6.54 Å². The predicted molar refractivity (Wildman–Crippen MR) is 63.9 cm³/mol. The van der Waals surface area contributed by atoms with Crippen LogP contribution in [-0.2, 0) is 16.2 Å². The molecule has 2 N–H and O–H groups in total. The van der Waals surface area contributed by atoms with E-state index in [0.717, 1.165) is 0 Å². The lowest BCUT2D eigenvalue weighted by Gasteiger charge is -2.11. The van der Waals surface area contributed by atoms with Gasteiger partial charge in [-0.25, -0.2) is 17.9 Å². The second kappa shape index (κ2) is 5.80. The van der Waals surface area contributed by atoms with Crippen LogP contribution in [0.15, 0.2) is 23.1 Å². The van der Waals surface area contributed by atoms with E-state index in [2.05, 4.69) is 4.72 Å². The molecule has 0 unspecified atom stereocenters. The molecule has 0 aliphatic rings. The molecule has 112 valence electrons. The SMILES string of the molecule is CCCNS(=O)(=O)c1cc(C(=O)O)cc(C(F)(F)F)c1. The van der Waals surface area contributed by atoms with Crippen LogP contribution in [0.1, 0.15) is 29.3 Å². The quantitative estimate of drug-likeness (QED) is 0.872. The number of hydrogen-bond donors (Lipinski definition) is 2. The molecule has 0 aliphatic carbocycles. The minimum absolute atomic E-state index is 0.0426. The molecule has 0 aromatic heterocycles. The van der Waals surface area contributed by atoms with E-state index < -0.39 is 38.2 Å². The highest BCUT2D eigenvalue weighted by Gasteiger charge is 2.33. The number of nitrogens with one attached hydrogen (secondary N) is 1. The summed E-state index contributed by atoms with van der Waals surface area (Å²) in [6.45, 7) is 1.72. The molecule has 0 spiro atoms. The van der Waals surface area contributed by atoms with Gasteiger partial charge < -0.3 is 5.11 Å². The Kier molecular flexibility index (Phi) is 4.77. The summed E-state index contributed by atoms with van der Waals surface area (Å²) in [7, 11) is -4.17. The zero-order valence-electron chi connectivity index (χ0n) is 10.4. The highest BCUT2D eigenvalue weighted by molar-refractivity contribution is 7.89. The van der Waals surface area contributed by atoms with E-state index >= 15 is 0 Å². The molecule has 0 amide bonds. The minimum atomic E-state index is -4.83. The van der Waals surface area contributed by atoms with Crippen molar-refractivity contribution < 1.29 is 31.5 Å². The Hall–Kier alpha value is -1.61. The fourth-order valence-corrected chi connectivity index (χ4v) is 2.56. The van der Waals surface area contributed by atoms with Crippen LogP contribution in [0, 0.1) is 0 Å². The van der Waals surface area contributed by atoms with Gasteiger partial charge in [-0.1, -0.05) is 6.92 Å². The molecule has 0 fully saturated rings. The van der Waals surface area contributed by atoms with Crippen LogP contribution in [0.5, 0.6) is 0 Å². The summed E-state index contributed by atoms with van der Waals surface area (Å²) < 4.78 is 63.6. The highest BCUT2D eigenvalue weighted by Crippen LogP contribution is 2.31. The molecule has 20 heavy (non-hydrogen) atoms. The molecule has 5 nitrogen and oxygen atoms in total. The van der Waals surface area contributed by atoms with Gasteiger partial charge in [0.05, 0.1) is 16.0 Å². The number of alkyl halides is 3. The number of aromatic carboxylic acids is 1. The van der Waals surface area contributed by atoms with Gasteiger partial charge in [0.25, 0.3) is 0 Å². The summed E-state index contributed by atoms with van der Waals surface area (Å²) in [5.41, 5.74) is -2.06. The third kappa shape index (κ3) is 3.94. The number of halogens is 3. The number of hydrogen-bond acceptors (Lipinski definition) is 3. The second-order valence-corrected chi connectivity index (χ2v) is 5.71. The number of carboxylic acid groups (broad SMARTS) is 1. The van der Waals surface area contributed by atoms with Gasteiger partial charge in [0.15, 0.2) is 0 Å². The van der Waals surface area contributed by atoms with E-state index in [0.29, 0.717) is 24.6 Å². The van der Waals surface area contributed by atoms with Crippen LogP contribution in [0.3, 0.4) is 0 Å². The van der Waals surface area contributed by atoms with Gasteiger partial charge in [0.1, 0.15) is 0 Å². The van der Waals surface area contributed by atoms with Crippen molar-refractivity contribution in [3.8, 4) is 0 Å². The number of carboxylic acids is 1. The minimum Gasteiger partial charge on any atom is -0.478 e. The first-order valence-corrected chi connectivity index (χ1v) is 7.01. The topological polar surface area (TPSA) is 83.5 Å². The summed E-state index contributed by atoms with van der Waals surface area (Å²) in [4.78, 5) is 10.1. The second-order valence-electron chi connectivity index (χ2n) is 3.95. The lowest BCUT2D eigenvalue weighted by Crippen LogP contribution is -2.25. The van der Waals surface area contributed by atoms with Crippen LogP contribution in [0.25, 0.3) is 0 Å². The number of carbonyl (C=O) groups is 1. The van der Waals surface area contributed by atoms with Crippen molar-refractivity contribution in [1.29, 1.82) is 0 Å². The average Bonchev–Trinajstić information content (AvgIpc) is 2.34. The van der Waals surface area contributed by atoms with Crippen LogP contribution < -0.4 is 4.72 Å². The number of benzene rings is 1. The Morgan fingerprint density at radius 2 is 1.90 bits per heavy atom. The molecule has 0 bridgehead atoms. The molecule has 0 aliphatic heterocycles. The van der Waals surface area contributed by atoms with Gasteiger partial charge in [-0.2, -0.15) is 13.2 Å². The normalized spacial score (nSPS) is 12.4. The lowest BCUT2D eigenvalue weighted by atomic mass is 10.1. The Labute approximate surface area is 113 Å². The molecule has 9 heteroatoms. The van der Waals surface area contributed by atoms with Crippen LogP contribution in [0.2, 0.25) is 0 Å². The molecule has 0 radical (unpaired) electrons. The first-order chi connectivity index (χ1) is 9.08. The van der Waals surface area contributed by atoms with Crippen molar-refractivity contribution in [1.82, 2.24) is 4.72 Å². The zero-order valence-corrected chi connectivity index (χ0v) is 11.2. The van der Waals surface area contributed by atoms with Crippen molar-refractivity contribution >= 4 is 16.0 Å². The highest BCUT2D eigenvalue weighted by atomic mass is 32.2. The molecule has 0 heterocycles. The number of rotatable bonds is 5. The van der Waals surface area contributed by atoms with E-state index in [9.17, 15) is 26.4 Å². The van der Waals surface area contributed by atoms with E-state index in [1.165, 1.54) is 0 Å². The van der Waals surface area contributed by atoms with Crippen molar-refractivity contribution in [2.45, 2.75) is 24.4 Å². The smallest absolute Gasteiger partial charge is 0.416 e. The van der Waals surface area contributed by atoms with Crippen molar-refractivity contribution in [3.05, 3.63) is 29.3 Å². The summed E-state index contributed by atoms with van der Waals surface area (Å²) in [5.74, 6) is -1.64. The van der Waals surface area contributed by atoms with Crippen LogP contribution in [-0.4, -0.2) is 26.0 Å². The number of sulfonamides is 1. The standard InChI is InChI=1S/C11H12F3NO4S/c1-2-3-15-20(18,19)9-5-7(10(16)17)4-8(6-9)11(12,13)14/h4-6,15H,2-3H2,1H3,(H,16,17). The van der Waals surface area contributed by atoms with Gasteiger partial charge in [0.2, 0.25) is 10.0 Å². The molecule has 1 aromatic rings. The van der Waals surface area contributed by atoms with Gasteiger partial charge in [-0.15, -0.1) is 0 Å². The van der Waals surface area contributed by atoms with Crippen LogP contribution >= 0.6 is 0 Å². The molecule has 0 saturated heterocycles. The molecule has 1 aromatic carbocycles. The summed E-state index contributed by atoms with van der Waals surface area (Å²) in [6, 6.07) is 1.49. The first-order valence-electron chi connectivity index (χ1n) is 5.53. The zero-order chi connectivity index (χ0) is 15.6. The maximum Gasteiger partial charge on any atom is 0.416 e. The summed E-state index contributed by atoms with van der Waals surface area (Å²) in [5, 5.41) is 8.76. The molecule has 0 atom stereocenters. The molecular weight excluding hydrogens is 299 g/mol. The molecular formula is C11H12F3NO4S. The first kappa shape index (κ1) is 16.4. The monoisotopic (exact) mass is 311 g/mol. The summed E-state index contributed by atoms with van der Waals surface area (Å²) in [6.07, 6.45) is -4.38. The largest absolute Gasteiger partial charge is 0.478 e.